The number of hydrogen-bond acceptors (Lipinski definition) is 6. The van der Waals surface area contributed by atoms with Crippen molar-refractivity contribution in [1.82, 2.24) is 3.97 Å². The van der Waals surface area contributed by atoms with Gasteiger partial charge in [0.15, 0.2) is 0 Å². The van der Waals surface area contributed by atoms with E-state index in [-0.39, 0.29) is 24.2 Å². The van der Waals surface area contributed by atoms with Crippen LogP contribution in [0.5, 0.6) is 5.75 Å². The van der Waals surface area contributed by atoms with Crippen LogP contribution >= 0.6 is 0 Å². The molecule has 7 nitrogen and oxygen atoms in total. The van der Waals surface area contributed by atoms with E-state index in [0.717, 1.165) is 33.2 Å². The summed E-state index contributed by atoms with van der Waals surface area (Å²) in [5.41, 5.74) is 10.9. The molecule has 2 N–H and O–H groups in total. The van der Waals surface area contributed by atoms with Crippen LogP contribution in [0.1, 0.15) is 36.5 Å². The highest BCUT2D eigenvalue weighted by Gasteiger charge is 2.37. The van der Waals surface area contributed by atoms with Crippen LogP contribution in [0.2, 0.25) is 0 Å². The lowest BCUT2D eigenvalue weighted by Gasteiger charge is -2.14. The first-order valence-corrected chi connectivity index (χ1v) is 13.9. The van der Waals surface area contributed by atoms with E-state index >= 15 is 0 Å². The highest BCUT2D eigenvalue weighted by atomic mass is 32.2. The Morgan fingerprint density at radius 3 is 2.59 bits per heavy atom. The molecule has 3 aromatic carbocycles. The molecule has 0 saturated heterocycles. The lowest BCUT2D eigenvalue weighted by atomic mass is 9.97. The standard InChI is InChI=1S/C29H30N2O5S/c1-2-35-29(32)17-23-7-3-4-9-28(23)36-19-21-15-26(22-8-5-6-20(14-22)18-30)25-12-13-31(27(25)16-21)37(33,34)24-10-11-24/h3-9,12-16,24H,2,10-11,17-19,30H2,1H3. The summed E-state index contributed by atoms with van der Waals surface area (Å²) >= 11 is 0. The number of hydrogen-bond donors (Lipinski definition) is 1. The Labute approximate surface area is 216 Å². The van der Waals surface area contributed by atoms with Crippen LogP contribution in [-0.4, -0.2) is 30.2 Å². The summed E-state index contributed by atoms with van der Waals surface area (Å²) in [5, 5.41) is 0.520. The van der Waals surface area contributed by atoms with Crippen molar-refractivity contribution in [2.24, 2.45) is 5.73 Å². The van der Waals surface area contributed by atoms with Gasteiger partial charge in [-0.2, -0.15) is 0 Å². The first kappa shape index (κ1) is 25.0. The number of carbonyl (C=O) groups excluding carboxylic acids is 1. The number of benzene rings is 3. The van der Waals surface area contributed by atoms with E-state index in [9.17, 15) is 13.2 Å². The minimum Gasteiger partial charge on any atom is -0.489 e. The number of nitrogens with two attached hydrogens (primary N) is 1. The lowest BCUT2D eigenvalue weighted by Crippen LogP contribution is -2.16. The Morgan fingerprint density at radius 1 is 1.03 bits per heavy atom. The molecule has 1 aromatic heterocycles. The summed E-state index contributed by atoms with van der Waals surface area (Å²) in [6.45, 7) is 2.71. The number of rotatable bonds is 10. The molecule has 1 saturated carbocycles. The second kappa shape index (κ2) is 10.4. The van der Waals surface area contributed by atoms with Gasteiger partial charge in [-0.3, -0.25) is 4.79 Å². The van der Waals surface area contributed by atoms with Gasteiger partial charge < -0.3 is 15.2 Å². The van der Waals surface area contributed by atoms with E-state index in [1.807, 2.05) is 66.7 Å². The first-order valence-electron chi connectivity index (χ1n) is 12.4. The predicted octanol–water partition coefficient (Wildman–Crippen LogP) is 4.79. The minimum atomic E-state index is -3.47. The largest absolute Gasteiger partial charge is 0.489 e. The van der Waals surface area contributed by atoms with Crippen molar-refractivity contribution in [2.45, 2.75) is 44.6 Å². The monoisotopic (exact) mass is 518 g/mol. The normalized spacial score (nSPS) is 13.6. The fourth-order valence-electron chi connectivity index (χ4n) is 4.53. The van der Waals surface area contributed by atoms with Gasteiger partial charge in [0.1, 0.15) is 12.4 Å². The molecule has 37 heavy (non-hydrogen) atoms. The van der Waals surface area contributed by atoms with E-state index in [2.05, 4.69) is 0 Å². The van der Waals surface area contributed by atoms with Crippen molar-refractivity contribution in [1.29, 1.82) is 0 Å². The van der Waals surface area contributed by atoms with E-state index in [4.69, 9.17) is 15.2 Å². The van der Waals surface area contributed by atoms with Crippen LogP contribution in [0.4, 0.5) is 0 Å². The maximum Gasteiger partial charge on any atom is 0.310 e. The van der Waals surface area contributed by atoms with Gasteiger partial charge in [0.2, 0.25) is 10.0 Å². The van der Waals surface area contributed by atoms with E-state index in [1.165, 1.54) is 3.97 Å². The molecular weight excluding hydrogens is 488 g/mol. The maximum absolute atomic E-state index is 13.2. The first-order chi connectivity index (χ1) is 17.9. The van der Waals surface area contributed by atoms with Crippen molar-refractivity contribution < 1.29 is 22.7 Å². The maximum atomic E-state index is 13.2. The van der Waals surface area contributed by atoms with Crippen molar-refractivity contribution in [3.63, 3.8) is 0 Å². The predicted molar refractivity (Wildman–Crippen MR) is 144 cm³/mol. The van der Waals surface area contributed by atoms with Crippen LogP contribution in [0.3, 0.4) is 0 Å². The van der Waals surface area contributed by atoms with E-state index < -0.39 is 10.0 Å². The van der Waals surface area contributed by atoms with Gasteiger partial charge in [0, 0.05) is 23.7 Å². The summed E-state index contributed by atoms with van der Waals surface area (Å²) in [5.74, 6) is 0.272. The summed E-state index contributed by atoms with van der Waals surface area (Å²) in [4.78, 5) is 12.1. The molecule has 5 rings (SSSR count). The van der Waals surface area contributed by atoms with E-state index in [1.54, 1.807) is 13.1 Å². The van der Waals surface area contributed by atoms with Crippen LogP contribution in [-0.2, 0) is 39.1 Å². The molecule has 8 heteroatoms. The van der Waals surface area contributed by atoms with Crippen molar-refractivity contribution in [3.8, 4) is 16.9 Å². The second-order valence-corrected chi connectivity index (χ2v) is 11.3. The van der Waals surface area contributed by atoms with Gasteiger partial charge in [-0.25, -0.2) is 12.4 Å². The quantitative estimate of drug-likeness (QED) is 0.303. The Bertz CT molecular complexity index is 1550. The van der Waals surface area contributed by atoms with Crippen LogP contribution in [0, 0.1) is 0 Å². The Hall–Kier alpha value is -3.62. The number of para-hydroxylation sites is 1. The molecule has 0 aliphatic heterocycles. The number of fused-ring (bicyclic) bond motifs is 1. The Balaban J connectivity index is 1.54. The zero-order valence-corrected chi connectivity index (χ0v) is 21.5. The summed E-state index contributed by atoms with van der Waals surface area (Å²) < 4.78 is 39.0. The van der Waals surface area contributed by atoms with Crippen molar-refractivity contribution >= 4 is 26.9 Å². The molecule has 1 aliphatic rings. The highest BCUT2D eigenvalue weighted by molar-refractivity contribution is 7.91. The molecule has 0 amide bonds. The van der Waals surface area contributed by atoms with Crippen molar-refractivity contribution in [2.75, 3.05) is 6.61 Å². The van der Waals surface area contributed by atoms with Crippen LogP contribution in [0.15, 0.2) is 72.9 Å². The highest BCUT2D eigenvalue weighted by Crippen LogP contribution is 2.36. The number of esters is 1. The zero-order chi connectivity index (χ0) is 26.0. The third kappa shape index (κ3) is 5.26. The third-order valence-electron chi connectivity index (χ3n) is 6.53. The smallest absolute Gasteiger partial charge is 0.310 e. The molecule has 4 aromatic rings. The molecule has 0 unspecified atom stereocenters. The van der Waals surface area contributed by atoms with E-state index in [0.29, 0.717) is 37.3 Å². The zero-order valence-electron chi connectivity index (χ0n) is 20.7. The van der Waals surface area contributed by atoms with Crippen LogP contribution < -0.4 is 10.5 Å². The topological polar surface area (TPSA) is 101 Å². The second-order valence-electron chi connectivity index (χ2n) is 9.21. The number of carbonyl (C=O) groups is 1. The molecule has 0 bridgehead atoms. The Morgan fingerprint density at radius 2 is 1.84 bits per heavy atom. The molecule has 0 radical (unpaired) electrons. The molecule has 1 aliphatic carbocycles. The molecule has 0 atom stereocenters. The summed E-state index contributed by atoms with van der Waals surface area (Å²) in [7, 11) is -3.47. The third-order valence-corrected chi connectivity index (χ3v) is 8.71. The number of nitrogens with zero attached hydrogens (tertiary/aromatic N) is 1. The van der Waals surface area contributed by atoms with Gasteiger partial charge >= 0.3 is 5.97 Å². The minimum absolute atomic E-state index is 0.114. The van der Waals surface area contributed by atoms with Gasteiger partial charge in [0.25, 0.3) is 0 Å². The van der Waals surface area contributed by atoms with Crippen LogP contribution in [0.25, 0.3) is 22.0 Å². The number of aromatic nitrogens is 1. The molecule has 192 valence electrons. The fourth-order valence-corrected chi connectivity index (χ4v) is 6.24. The van der Waals surface area contributed by atoms with Gasteiger partial charge in [-0.05, 0) is 72.4 Å². The average molecular weight is 519 g/mol. The SMILES string of the molecule is CCOC(=O)Cc1ccccc1OCc1cc(-c2cccc(CN)c2)c2ccn(S(=O)(=O)C3CC3)c2c1. The molecule has 1 fully saturated rings. The Kier molecular flexibility index (Phi) is 7.04. The average Bonchev–Trinajstić information content (AvgIpc) is 3.68. The molecular formula is C29H30N2O5S. The lowest BCUT2D eigenvalue weighted by molar-refractivity contribution is -0.142. The summed E-state index contributed by atoms with van der Waals surface area (Å²) in [6, 6.07) is 21.1. The summed E-state index contributed by atoms with van der Waals surface area (Å²) in [6.07, 6.45) is 3.14. The van der Waals surface area contributed by atoms with Gasteiger partial charge in [-0.1, -0.05) is 36.4 Å². The molecule has 1 heterocycles. The fraction of sp³-hybridized carbons (Fsp3) is 0.276. The van der Waals surface area contributed by atoms with Crippen molar-refractivity contribution in [3.05, 3.63) is 89.6 Å². The number of ether oxygens (including phenoxy) is 2. The van der Waals surface area contributed by atoms with Gasteiger partial charge in [0.05, 0.1) is 23.8 Å². The molecule has 0 spiro atoms. The van der Waals surface area contributed by atoms with Gasteiger partial charge in [-0.15, -0.1) is 0 Å².